The maximum Gasteiger partial charge on any atom is 0.417 e. The molecule has 0 aliphatic heterocycles. The Balaban J connectivity index is 2.00. The summed E-state index contributed by atoms with van der Waals surface area (Å²) in [6.45, 7) is 0. The first-order chi connectivity index (χ1) is 12.0. The molecule has 1 aromatic carbocycles. The molecular formula is C19H12F3N3. The van der Waals surface area contributed by atoms with E-state index in [4.69, 9.17) is 0 Å². The zero-order chi connectivity index (χ0) is 17.4. The van der Waals surface area contributed by atoms with Gasteiger partial charge in [0.05, 0.1) is 23.6 Å². The van der Waals surface area contributed by atoms with Crippen molar-refractivity contribution in [3.8, 4) is 22.3 Å². The number of halogens is 3. The fraction of sp³-hybridized carbons (Fsp3) is 0.0526. The van der Waals surface area contributed by atoms with Gasteiger partial charge in [-0.2, -0.15) is 13.2 Å². The molecule has 0 N–H and O–H groups in total. The van der Waals surface area contributed by atoms with Crippen molar-refractivity contribution < 1.29 is 13.2 Å². The average Bonchev–Trinajstić information content (AvgIpc) is 3.09. The van der Waals surface area contributed by atoms with E-state index in [9.17, 15) is 13.2 Å². The van der Waals surface area contributed by atoms with Crippen LogP contribution < -0.4 is 0 Å². The molecule has 0 aliphatic rings. The minimum absolute atomic E-state index is 0.135. The van der Waals surface area contributed by atoms with Gasteiger partial charge < -0.3 is 4.40 Å². The summed E-state index contributed by atoms with van der Waals surface area (Å²) in [5.41, 5.74) is 2.35. The van der Waals surface area contributed by atoms with Crippen LogP contribution in [0, 0.1) is 0 Å². The largest absolute Gasteiger partial charge is 0.417 e. The molecular weight excluding hydrogens is 327 g/mol. The van der Waals surface area contributed by atoms with Crippen LogP contribution in [0.25, 0.3) is 27.8 Å². The van der Waals surface area contributed by atoms with Crippen molar-refractivity contribution in [1.82, 2.24) is 14.4 Å². The van der Waals surface area contributed by atoms with Crippen molar-refractivity contribution >= 4 is 5.52 Å². The Morgan fingerprint density at radius 3 is 2.44 bits per heavy atom. The van der Waals surface area contributed by atoms with Crippen molar-refractivity contribution in [1.29, 1.82) is 0 Å². The van der Waals surface area contributed by atoms with Crippen LogP contribution >= 0.6 is 0 Å². The Bertz CT molecular complexity index is 1040. The molecule has 3 aromatic heterocycles. The Kier molecular flexibility index (Phi) is 3.53. The molecule has 4 aromatic rings. The van der Waals surface area contributed by atoms with Crippen LogP contribution in [-0.2, 0) is 6.18 Å². The number of hydrogen-bond donors (Lipinski definition) is 0. The maximum absolute atomic E-state index is 13.4. The third kappa shape index (κ3) is 2.76. The molecule has 0 fully saturated rings. The topological polar surface area (TPSA) is 30.2 Å². The number of benzene rings is 1. The smallest absolute Gasteiger partial charge is 0.305 e. The lowest BCUT2D eigenvalue weighted by atomic mass is 9.97. The molecule has 0 radical (unpaired) electrons. The fourth-order valence-corrected chi connectivity index (χ4v) is 2.92. The molecule has 124 valence electrons. The number of fused-ring (bicyclic) bond motifs is 1. The van der Waals surface area contributed by atoms with E-state index in [0.29, 0.717) is 5.56 Å². The second-order valence-electron chi connectivity index (χ2n) is 5.61. The monoisotopic (exact) mass is 339 g/mol. The predicted molar refractivity (Wildman–Crippen MR) is 88.9 cm³/mol. The van der Waals surface area contributed by atoms with Crippen molar-refractivity contribution in [3.63, 3.8) is 0 Å². The predicted octanol–water partition coefficient (Wildman–Crippen LogP) is 5.08. The fourth-order valence-electron chi connectivity index (χ4n) is 2.92. The van der Waals surface area contributed by atoms with Gasteiger partial charge in [-0.1, -0.05) is 24.3 Å². The van der Waals surface area contributed by atoms with E-state index in [1.54, 1.807) is 53.7 Å². The van der Waals surface area contributed by atoms with Crippen LogP contribution in [0.2, 0.25) is 0 Å². The van der Waals surface area contributed by atoms with Crippen molar-refractivity contribution in [2.45, 2.75) is 6.18 Å². The van der Waals surface area contributed by atoms with Crippen LogP contribution in [0.15, 0.2) is 73.6 Å². The van der Waals surface area contributed by atoms with Gasteiger partial charge in [0.15, 0.2) is 0 Å². The lowest BCUT2D eigenvalue weighted by Crippen LogP contribution is -2.07. The van der Waals surface area contributed by atoms with Gasteiger partial charge in [0.25, 0.3) is 0 Å². The summed E-state index contributed by atoms with van der Waals surface area (Å²) >= 11 is 0. The van der Waals surface area contributed by atoms with Gasteiger partial charge in [-0.25, -0.2) is 4.98 Å². The van der Waals surface area contributed by atoms with Gasteiger partial charge in [-0.3, -0.25) is 4.98 Å². The molecule has 0 saturated heterocycles. The highest BCUT2D eigenvalue weighted by molar-refractivity contribution is 5.84. The molecule has 3 heterocycles. The van der Waals surface area contributed by atoms with E-state index >= 15 is 0 Å². The van der Waals surface area contributed by atoms with Gasteiger partial charge in [-0.15, -0.1) is 0 Å². The van der Waals surface area contributed by atoms with Crippen LogP contribution in [0.1, 0.15) is 5.56 Å². The SMILES string of the molecule is FC(F)(F)c1ccccc1-c1cc(-c2cccnc2)c2cncn2c1. The van der Waals surface area contributed by atoms with E-state index < -0.39 is 11.7 Å². The van der Waals surface area contributed by atoms with E-state index in [1.807, 2.05) is 6.07 Å². The Morgan fingerprint density at radius 2 is 1.68 bits per heavy atom. The number of nitrogens with zero attached hydrogens (tertiary/aromatic N) is 3. The zero-order valence-corrected chi connectivity index (χ0v) is 12.9. The summed E-state index contributed by atoms with van der Waals surface area (Å²) in [5, 5.41) is 0. The highest BCUT2D eigenvalue weighted by atomic mass is 19.4. The van der Waals surface area contributed by atoms with Gasteiger partial charge in [-0.05, 0) is 29.3 Å². The standard InChI is InChI=1S/C19H12F3N3/c20-19(21,22)17-6-2-1-5-15(17)14-8-16(13-4-3-7-23-9-13)18-10-24-12-25(18)11-14/h1-12H. The van der Waals surface area contributed by atoms with E-state index in [2.05, 4.69) is 9.97 Å². The van der Waals surface area contributed by atoms with Crippen molar-refractivity contribution in [3.05, 3.63) is 79.1 Å². The number of hydrogen-bond acceptors (Lipinski definition) is 2. The quantitative estimate of drug-likeness (QED) is 0.510. The van der Waals surface area contributed by atoms with Gasteiger partial charge in [0.1, 0.15) is 0 Å². The van der Waals surface area contributed by atoms with Crippen LogP contribution in [-0.4, -0.2) is 14.4 Å². The van der Waals surface area contributed by atoms with Gasteiger partial charge in [0.2, 0.25) is 0 Å². The highest BCUT2D eigenvalue weighted by Gasteiger charge is 2.33. The molecule has 0 amide bonds. The summed E-state index contributed by atoms with van der Waals surface area (Å²) in [6.07, 6.45) is 3.83. The number of pyridine rings is 2. The van der Waals surface area contributed by atoms with Gasteiger partial charge in [0, 0.05) is 29.7 Å². The zero-order valence-electron chi connectivity index (χ0n) is 12.9. The normalized spacial score (nSPS) is 11.8. The summed E-state index contributed by atoms with van der Waals surface area (Å²) < 4.78 is 41.9. The molecule has 0 aliphatic carbocycles. The number of rotatable bonds is 2. The summed E-state index contributed by atoms with van der Waals surface area (Å²) in [7, 11) is 0. The van der Waals surface area contributed by atoms with Gasteiger partial charge >= 0.3 is 6.18 Å². The average molecular weight is 339 g/mol. The first kappa shape index (κ1) is 15.4. The first-order valence-electron chi connectivity index (χ1n) is 7.57. The second-order valence-corrected chi connectivity index (χ2v) is 5.61. The van der Waals surface area contributed by atoms with Crippen LogP contribution in [0.4, 0.5) is 13.2 Å². The molecule has 0 atom stereocenters. The molecule has 0 spiro atoms. The third-order valence-electron chi connectivity index (χ3n) is 4.04. The maximum atomic E-state index is 13.4. The molecule has 3 nitrogen and oxygen atoms in total. The Morgan fingerprint density at radius 1 is 0.840 bits per heavy atom. The Labute approximate surface area is 141 Å². The van der Waals surface area contributed by atoms with Crippen molar-refractivity contribution in [2.24, 2.45) is 0 Å². The highest BCUT2D eigenvalue weighted by Crippen LogP contribution is 2.38. The minimum Gasteiger partial charge on any atom is -0.305 e. The second kappa shape index (κ2) is 5.73. The van der Waals surface area contributed by atoms with E-state index in [-0.39, 0.29) is 5.56 Å². The third-order valence-corrected chi connectivity index (χ3v) is 4.04. The van der Waals surface area contributed by atoms with E-state index in [0.717, 1.165) is 22.7 Å². The number of alkyl halides is 3. The number of imidazole rings is 1. The van der Waals surface area contributed by atoms with Crippen molar-refractivity contribution in [2.75, 3.05) is 0 Å². The van der Waals surface area contributed by atoms with E-state index in [1.165, 1.54) is 12.1 Å². The molecule has 25 heavy (non-hydrogen) atoms. The van der Waals surface area contributed by atoms with Crippen LogP contribution in [0.5, 0.6) is 0 Å². The molecule has 0 bridgehead atoms. The summed E-state index contributed by atoms with van der Waals surface area (Å²) in [4.78, 5) is 8.22. The Hall–Kier alpha value is -3.15. The molecule has 0 unspecified atom stereocenters. The lowest BCUT2D eigenvalue weighted by molar-refractivity contribution is -0.137. The number of aromatic nitrogens is 3. The summed E-state index contributed by atoms with van der Waals surface area (Å²) in [6, 6.07) is 11.0. The molecule has 6 heteroatoms. The molecule has 4 rings (SSSR count). The minimum atomic E-state index is -4.42. The van der Waals surface area contributed by atoms with Crippen LogP contribution in [0.3, 0.4) is 0 Å². The first-order valence-corrected chi connectivity index (χ1v) is 7.57. The summed E-state index contributed by atoms with van der Waals surface area (Å²) in [5.74, 6) is 0. The molecule has 0 saturated carbocycles. The lowest BCUT2D eigenvalue weighted by Gasteiger charge is -2.14.